The molecular formula is C11H18N4O. The molecule has 1 aromatic heterocycles. The van der Waals surface area contributed by atoms with Gasteiger partial charge in [0.25, 0.3) is 5.91 Å². The topological polar surface area (TPSA) is 59.0 Å². The Bertz CT molecular complexity index is 379. The van der Waals surface area contributed by atoms with Gasteiger partial charge in [0.05, 0.1) is 11.8 Å². The van der Waals surface area contributed by atoms with E-state index < -0.39 is 0 Å². The lowest BCUT2D eigenvalue weighted by Gasteiger charge is -2.23. The normalized spacial score (nSPS) is 20.8. The zero-order chi connectivity index (χ0) is 11.5. The highest BCUT2D eigenvalue weighted by atomic mass is 16.1. The van der Waals surface area contributed by atoms with Crippen molar-refractivity contribution in [1.82, 2.24) is 20.4 Å². The number of carbonyl (C=O) groups is 1. The summed E-state index contributed by atoms with van der Waals surface area (Å²) in [6.07, 6.45) is 3.80. The van der Waals surface area contributed by atoms with Crippen LogP contribution in [0.15, 0.2) is 6.20 Å². The molecule has 1 aliphatic heterocycles. The molecule has 1 amide bonds. The molecule has 2 heterocycles. The summed E-state index contributed by atoms with van der Waals surface area (Å²) in [5.41, 5.74) is 1.58. The van der Waals surface area contributed by atoms with Crippen LogP contribution in [0.4, 0.5) is 0 Å². The fourth-order valence-corrected chi connectivity index (χ4v) is 1.96. The van der Waals surface area contributed by atoms with Crippen molar-refractivity contribution < 1.29 is 4.79 Å². The predicted octanol–water partition coefficient (Wildman–Crippen LogP) is 0.210. The fourth-order valence-electron chi connectivity index (χ4n) is 1.96. The number of amides is 1. The molecule has 88 valence electrons. The first-order valence-electron chi connectivity index (χ1n) is 5.68. The van der Waals surface area contributed by atoms with E-state index in [4.69, 9.17) is 0 Å². The van der Waals surface area contributed by atoms with Crippen LogP contribution >= 0.6 is 0 Å². The Labute approximate surface area is 95.2 Å². The third-order valence-corrected chi connectivity index (χ3v) is 3.11. The summed E-state index contributed by atoms with van der Waals surface area (Å²) in [5, 5.41) is 10.4. The fraction of sp³-hybridized carbons (Fsp3) is 0.636. The molecule has 1 aliphatic rings. The molecule has 0 aromatic carbocycles. The Hall–Kier alpha value is -1.36. The van der Waals surface area contributed by atoms with Gasteiger partial charge < -0.3 is 10.6 Å². The predicted molar refractivity (Wildman–Crippen MR) is 61.3 cm³/mol. The molecule has 5 nitrogen and oxygen atoms in total. The van der Waals surface area contributed by atoms with Crippen molar-refractivity contribution >= 4 is 5.91 Å². The van der Waals surface area contributed by atoms with Crippen molar-refractivity contribution in [1.29, 1.82) is 0 Å². The lowest BCUT2D eigenvalue weighted by Crippen LogP contribution is -2.45. The van der Waals surface area contributed by atoms with E-state index in [-0.39, 0.29) is 11.9 Å². The van der Waals surface area contributed by atoms with Crippen LogP contribution in [-0.2, 0) is 7.05 Å². The van der Waals surface area contributed by atoms with E-state index in [0.717, 1.165) is 31.6 Å². The number of aromatic nitrogens is 2. The SMILES string of the molecule is Cc1c(C(=O)N[C@H]2CCCNC2)cnn1C. The van der Waals surface area contributed by atoms with Gasteiger partial charge in [0.1, 0.15) is 0 Å². The Morgan fingerprint density at radius 2 is 2.50 bits per heavy atom. The van der Waals surface area contributed by atoms with E-state index >= 15 is 0 Å². The minimum Gasteiger partial charge on any atom is -0.348 e. The van der Waals surface area contributed by atoms with E-state index in [9.17, 15) is 4.79 Å². The number of carbonyl (C=O) groups excluding carboxylic acids is 1. The number of piperidine rings is 1. The van der Waals surface area contributed by atoms with Crippen LogP contribution in [0.5, 0.6) is 0 Å². The van der Waals surface area contributed by atoms with Gasteiger partial charge in [0.2, 0.25) is 0 Å². The summed E-state index contributed by atoms with van der Waals surface area (Å²) in [6, 6.07) is 0.251. The lowest BCUT2D eigenvalue weighted by atomic mass is 10.1. The lowest BCUT2D eigenvalue weighted by molar-refractivity contribution is 0.0930. The molecule has 2 N–H and O–H groups in total. The molecule has 0 unspecified atom stereocenters. The zero-order valence-electron chi connectivity index (χ0n) is 9.79. The third kappa shape index (κ3) is 2.24. The molecule has 0 saturated carbocycles. The molecule has 0 spiro atoms. The van der Waals surface area contributed by atoms with Crippen molar-refractivity contribution in [2.45, 2.75) is 25.8 Å². The Morgan fingerprint density at radius 1 is 1.69 bits per heavy atom. The Balaban J connectivity index is 1.99. The molecule has 0 radical (unpaired) electrons. The highest BCUT2D eigenvalue weighted by Crippen LogP contribution is 2.07. The van der Waals surface area contributed by atoms with Crippen LogP contribution in [0.2, 0.25) is 0 Å². The standard InChI is InChI=1S/C11H18N4O/c1-8-10(7-13-15(8)2)11(16)14-9-4-3-5-12-6-9/h7,9,12H,3-6H2,1-2H3,(H,14,16)/t9-/m0/s1. The summed E-state index contributed by atoms with van der Waals surface area (Å²) in [6.45, 7) is 3.82. The highest BCUT2D eigenvalue weighted by molar-refractivity contribution is 5.95. The van der Waals surface area contributed by atoms with Gasteiger partial charge in [-0.15, -0.1) is 0 Å². The van der Waals surface area contributed by atoms with Gasteiger partial charge in [-0.3, -0.25) is 9.48 Å². The van der Waals surface area contributed by atoms with Gasteiger partial charge >= 0.3 is 0 Å². The molecular weight excluding hydrogens is 204 g/mol. The molecule has 1 fully saturated rings. The molecule has 1 aromatic rings. The molecule has 2 rings (SSSR count). The summed E-state index contributed by atoms with van der Waals surface area (Å²) in [7, 11) is 1.84. The molecule has 0 bridgehead atoms. The second kappa shape index (κ2) is 4.65. The first-order chi connectivity index (χ1) is 7.68. The number of nitrogens with one attached hydrogen (secondary N) is 2. The van der Waals surface area contributed by atoms with E-state index in [2.05, 4.69) is 15.7 Å². The van der Waals surface area contributed by atoms with Crippen LogP contribution in [0.3, 0.4) is 0 Å². The maximum Gasteiger partial charge on any atom is 0.255 e. The summed E-state index contributed by atoms with van der Waals surface area (Å²) in [5.74, 6) is -0.0145. The van der Waals surface area contributed by atoms with Crippen LogP contribution in [0, 0.1) is 6.92 Å². The molecule has 0 aliphatic carbocycles. The second-order valence-corrected chi connectivity index (χ2v) is 4.28. The molecule has 1 saturated heterocycles. The first kappa shape index (κ1) is 11.1. The van der Waals surface area contributed by atoms with Crippen molar-refractivity contribution in [3.05, 3.63) is 17.5 Å². The van der Waals surface area contributed by atoms with Gasteiger partial charge in [-0.05, 0) is 26.3 Å². The maximum absolute atomic E-state index is 12.0. The number of nitrogens with zero attached hydrogens (tertiary/aromatic N) is 2. The van der Waals surface area contributed by atoms with Crippen molar-refractivity contribution in [2.24, 2.45) is 7.05 Å². The zero-order valence-corrected chi connectivity index (χ0v) is 9.79. The van der Waals surface area contributed by atoms with Gasteiger partial charge in [-0.25, -0.2) is 0 Å². The smallest absolute Gasteiger partial charge is 0.255 e. The quantitative estimate of drug-likeness (QED) is 0.752. The van der Waals surface area contributed by atoms with Crippen LogP contribution < -0.4 is 10.6 Å². The van der Waals surface area contributed by atoms with Crippen LogP contribution in [0.25, 0.3) is 0 Å². The van der Waals surface area contributed by atoms with Crippen molar-refractivity contribution in [3.8, 4) is 0 Å². The number of hydrogen-bond acceptors (Lipinski definition) is 3. The Kier molecular flexibility index (Phi) is 3.24. The summed E-state index contributed by atoms with van der Waals surface area (Å²) >= 11 is 0. The van der Waals surface area contributed by atoms with Gasteiger partial charge in [-0.1, -0.05) is 0 Å². The average Bonchev–Trinajstić information content (AvgIpc) is 2.61. The number of rotatable bonds is 2. The maximum atomic E-state index is 12.0. The van der Waals surface area contributed by atoms with E-state index in [1.54, 1.807) is 10.9 Å². The van der Waals surface area contributed by atoms with Crippen LogP contribution in [-0.4, -0.2) is 34.8 Å². The summed E-state index contributed by atoms with van der Waals surface area (Å²) in [4.78, 5) is 12.0. The van der Waals surface area contributed by atoms with Gasteiger partial charge in [0, 0.05) is 25.3 Å². The van der Waals surface area contributed by atoms with Crippen LogP contribution in [0.1, 0.15) is 28.9 Å². The molecule has 5 heteroatoms. The van der Waals surface area contributed by atoms with E-state index in [1.165, 1.54) is 0 Å². The molecule has 16 heavy (non-hydrogen) atoms. The Morgan fingerprint density at radius 3 is 3.06 bits per heavy atom. The monoisotopic (exact) mass is 222 g/mol. The van der Waals surface area contributed by atoms with Gasteiger partial charge in [0.15, 0.2) is 0 Å². The summed E-state index contributed by atoms with van der Waals surface area (Å²) < 4.78 is 1.72. The highest BCUT2D eigenvalue weighted by Gasteiger charge is 2.18. The van der Waals surface area contributed by atoms with E-state index in [0.29, 0.717) is 5.56 Å². The molecule has 1 atom stereocenters. The largest absolute Gasteiger partial charge is 0.348 e. The average molecular weight is 222 g/mol. The number of hydrogen-bond donors (Lipinski definition) is 2. The second-order valence-electron chi connectivity index (χ2n) is 4.28. The van der Waals surface area contributed by atoms with Gasteiger partial charge in [-0.2, -0.15) is 5.10 Å². The van der Waals surface area contributed by atoms with Crippen molar-refractivity contribution in [2.75, 3.05) is 13.1 Å². The first-order valence-corrected chi connectivity index (χ1v) is 5.68. The minimum absolute atomic E-state index is 0.0145. The van der Waals surface area contributed by atoms with E-state index in [1.807, 2.05) is 14.0 Å². The van der Waals surface area contributed by atoms with Crippen molar-refractivity contribution in [3.63, 3.8) is 0 Å². The third-order valence-electron chi connectivity index (χ3n) is 3.11. The minimum atomic E-state index is -0.0145. The number of aryl methyl sites for hydroxylation is 1.